The number of allylic oxidation sites excluding steroid dienone is 1. The van der Waals surface area contributed by atoms with Crippen LogP contribution >= 0.6 is 0 Å². The maximum absolute atomic E-state index is 3.93. The number of hydrogen-bond acceptors (Lipinski definition) is 0. The summed E-state index contributed by atoms with van der Waals surface area (Å²) in [6.07, 6.45) is 5.81. The van der Waals surface area contributed by atoms with E-state index < -0.39 is 0 Å². The average molecular weight is 197 g/mol. The molecule has 0 saturated heterocycles. The lowest BCUT2D eigenvalue weighted by atomic mass is 9.87. The van der Waals surface area contributed by atoms with Gasteiger partial charge in [0.1, 0.15) is 0 Å². The summed E-state index contributed by atoms with van der Waals surface area (Å²) in [6, 6.07) is 8.59. The van der Waals surface area contributed by atoms with Crippen molar-refractivity contribution in [2.45, 2.75) is 25.2 Å². The highest BCUT2D eigenvalue weighted by Gasteiger charge is 2.21. The molecule has 2 aromatic rings. The fourth-order valence-electron chi connectivity index (χ4n) is 2.69. The minimum absolute atomic E-state index is 0.529. The zero-order chi connectivity index (χ0) is 10.3. The Hall–Kier alpha value is -1.50. The highest BCUT2D eigenvalue weighted by atomic mass is 14.7. The van der Waals surface area contributed by atoms with Gasteiger partial charge in [-0.3, -0.25) is 0 Å². The van der Waals surface area contributed by atoms with Crippen molar-refractivity contribution >= 4 is 10.9 Å². The van der Waals surface area contributed by atoms with Crippen LogP contribution in [0.3, 0.4) is 0 Å². The van der Waals surface area contributed by atoms with Crippen LogP contribution in [0, 0.1) is 0 Å². The quantitative estimate of drug-likeness (QED) is 0.670. The first-order chi connectivity index (χ1) is 7.40. The highest BCUT2D eigenvalue weighted by molar-refractivity contribution is 5.85. The van der Waals surface area contributed by atoms with Gasteiger partial charge in [0.15, 0.2) is 0 Å². The first kappa shape index (κ1) is 8.78. The van der Waals surface area contributed by atoms with Crippen LogP contribution in [-0.4, -0.2) is 4.98 Å². The number of aromatic amines is 1. The summed E-state index contributed by atoms with van der Waals surface area (Å²) in [7, 11) is 0. The maximum atomic E-state index is 3.93. The monoisotopic (exact) mass is 197 g/mol. The van der Waals surface area contributed by atoms with Crippen LogP contribution in [0.5, 0.6) is 0 Å². The fraction of sp³-hybridized carbons (Fsp3) is 0.286. The maximum Gasteiger partial charge on any atom is 0.0459 e. The third-order valence-electron chi connectivity index (χ3n) is 3.44. The average Bonchev–Trinajstić information content (AvgIpc) is 2.67. The van der Waals surface area contributed by atoms with Crippen molar-refractivity contribution in [3.63, 3.8) is 0 Å². The number of para-hydroxylation sites is 1. The standard InChI is InChI=1S/C14H15N/c1-2-10-6-5-8-12-11-7-3-4-9-13(11)15-14(10)12/h2-4,7,9-10,15H,1,5-6,8H2/t10-/m0/s1. The third-order valence-corrected chi connectivity index (χ3v) is 3.44. The van der Waals surface area contributed by atoms with E-state index in [2.05, 4.69) is 41.9 Å². The summed E-state index contributed by atoms with van der Waals surface area (Å²) in [4.78, 5) is 3.55. The van der Waals surface area contributed by atoms with E-state index in [9.17, 15) is 0 Å². The Morgan fingerprint density at radius 2 is 2.20 bits per heavy atom. The third kappa shape index (κ3) is 1.23. The molecular formula is C14H15N. The molecule has 0 aliphatic heterocycles. The molecule has 0 fully saturated rings. The first-order valence-electron chi connectivity index (χ1n) is 5.62. The molecule has 1 aromatic heterocycles. The number of rotatable bonds is 1. The van der Waals surface area contributed by atoms with Gasteiger partial charge in [0.2, 0.25) is 0 Å². The van der Waals surface area contributed by atoms with E-state index in [4.69, 9.17) is 0 Å². The van der Waals surface area contributed by atoms with Crippen LogP contribution in [0.1, 0.15) is 30.0 Å². The van der Waals surface area contributed by atoms with Gasteiger partial charge in [-0.15, -0.1) is 6.58 Å². The van der Waals surface area contributed by atoms with E-state index in [1.54, 1.807) is 0 Å². The molecule has 76 valence electrons. The van der Waals surface area contributed by atoms with Crippen LogP contribution in [0.25, 0.3) is 10.9 Å². The van der Waals surface area contributed by atoms with Crippen molar-refractivity contribution in [2.24, 2.45) is 0 Å². The van der Waals surface area contributed by atoms with Gasteiger partial charge in [0.05, 0.1) is 0 Å². The smallest absolute Gasteiger partial charge is 0.0459 e. The first-order valence-corrected chi connectivity index (χ1v) is 5.62. The summed E-state index contributed by atoms with van der Waals surface area (Å²) in [5.41, 5.74) is 4.19. The molecule has 0 amide bonds. The molecule has 15 heavy (non-hydrogen) atoms. The number of fused-ring (bicyclic) bond motifs is 3. The molecule has 3 rings (SSSR count). The molecule has 1 heteroatoms. The van der Waals surface area contributed by atoms with Crippen molar-refractivity contribution in [3.05, 3.63) is 48.2 Å². The van der Waals surface area contributed by atoms with Gasteiger partial charge < -0.3 is 4.98 Å². The lowest BCUT2D eigenvalue weighted by Gasteiger charge is -2.19. The van der Waals surface area contributed by atoms with Gasteiger partial charge in [-0.2, -0.15) is 0 Å². The molecule has 1 N–H and O–H groups in total. The Labute approximate surface area is 89.8 Å². The lowest BCUT2D eigenvalue weighted by molar-refractivity contribution is 0.622. The van der Waals surface area contributed by atoms with Gasteiger partial charge in [0, 0.05) is 22.5 Å². The predicted molar refractivity (Wildman–Crippen MR) is 64.2 cm³/mol. The Kier molecular flexibility index (Phi) is 1.91. The molecule has 1 atom stereocenters. The summed E-state index contributed by atoms with van der Waals surface area (Å²) in [5, 5.41) is 1.40. The Balaban J connectivity index is 2.28. The summed E-state index contributed by atoms with van der Waals surface area (Å²) >= 11 is 0. The molecule has 1 aliphatic carbocycles. The molecule has 1 nitrogen and oxygen atoms in total. The van der Waals surface area contributed by atoms with E-state index in [1.165, 1.54) is 41.4 Å². The minimum Gasteiger partial charge on any atom is -0.358 e. The van der Waals surface area contributed by atoms with E-state index in [1.807, 2.05) is 0 Å². The lowest BCUT2D eigenvalue weighted by Crippen LogP contribution is -2.06. The molecule has 0 spiro atoms. The zero-order valence-electron chi connectivity index (χ0n) is 8.79. The number of nitrogens with one attached hydrogen (secondary N) is 1. The number of aromatic nitrogens is 1. The Morgan fingerprint density at radius 1 is 1.33 bits per heavy atom. The Morgan fingerprint density at radius 3 is 3.07 bits per heavy atom. The van der Waals surface area contributed by atoms with E-state index >= 15 is 0 Å². The molecule has 1 heterocycles. The fourth-order valence-corrected chi connectivity index (χ4v) is 2.69. The molecular weight excluding hydrogens is 182 g/mol. The highest BCUT2D eigenvalue weighted by Crippen LogP contribution is 2.36. The molecule has 0 radical (unpaired) electrons. The molecule has 0 bridgehead atoms. The Bertz CT molecular complexity index is 507. The van der Waals surface area contributed by atoms with Crippen LogP contribution in [0.15, 0.2) is 36.9 Å². The van der Waals surface area contributed by atoms with Gasteiger partial charge in [-0.1, -0.05) is 24.3 Å². The summed E-state index contributed by atoms with van der Waals surface area (Å²) < 4.78 is 0. The van der Waals surface area contributed by atoms with Gasteiger partial charge in [-0.05, 0) is 30.9 Å². The second kappa shape index (κ2) is 3.27. The number of aryl methyl sites for hydroxylation is 1. The molecule has 1 aromatic carbocycles. The summed E-state index contributed by atoms with van der Waals surface area (Å²) in [6.45, 7) is 3.93. The topological polar surface area (TPSA) is 15.8 Å². The predicted octanol–water partition coefficient (Wildman–Crippen LogP) is 3.77. The van der Waals surface area contributed by atoms with Gasteiger partial charge >= 0.3 is 0 Å². The van der Waals surface area contributed by atoms with Crippen LogP contribution in [0.2, 0.25) is 0 Å². The number of hydrogen-bond donors (Lipinski definition) is 1. The molecule has 0 unspecified atom stereocenters. The second-order valence-corrected chi connectivity index (χ2v) is 4.30. The number of H-pyrrole nitrogens is 1. The van der Waals surface area contributed by atoms with Crippen molar-refractivity contribution in [3.8, 4) is 0 Å². The van der Waals surface area contributed by atoms with E-state index in [0.717, 1.165) is 0 Å². The van der Waals surface area contributed by atoms with Crippen LogP contribution < -0.4 is 0 Å². The normalized spacial score (nSPS) is 20.1. The number of benzene rings is 1. The zero-order valence-corrected chi connectivity index (χ0v) is 8.79. The van der Waals surface area contributed by atoms with Crippen molar-refractivity contribution in [1.29, 1.82) is 0 Å². The largest absolute Gasteiger partial charge is 0.358 e. The van der Waals surface area contributed by atoms with Crippen molar-refractivity contribution in [1.82, 2.24) is 4.98 Å². The van der Waals surface area contributed by atoms with Crippen molar-refractivity contribution in [2.75, 3.05) is 0 Å². The van der Waals surface area contributed by atoms with E-state index in [0.29, 0.717) is 5.92 Å². The minimum atomic E-state index is 0.529. The molecule has 0 saturated carbocycles. The van der Waals surface area contributed by atoms with Crippen molar-refractivity contribution < 1.29 is 0 Å². The van der Waals surface area contributed by atoms with Gasteiger partial charge in [-0.25, -0.2) is 0 Å². The van der Waals surface area contributed by atoms with Crippen LogP contribution in [-0.2, 0) is 6.42 Å². The SMILES string of the molecule is C=C[C@H]1CCCc2c1[nH]c1ccccc21. The van der Waals surface area contributed by atoms with Gasteiger partial charge in [0.25, 0.3) is 0 Å². The summed E-state index contributed by atoms with van der Waals surface area (Å²) in [5.74, 6) is 0.529. The molecule has 1 aliphatic rings. The van der Waals surface area contributed by atoms with E-state index in [-0.39, 0.29) is 0 Å². The van der Waals surface area contributed by atoms with Crippen LogP contribution in [0.4, 0.5) is 0 Å². The second-order valence-electron chi connectivity index (χ2n) is 4.30.